The highest BCUT2D eigenvalue weighted by Gasteiger charge is 2.06. The number of hydrogen-bond donors (Lipinski definition) is 1. The molecule has 1 N–H and O–H groups in total. The standard InChI is InChI=1S/C11H21NO2/c1-2-3-4-5-7-11(10-12)14-9-6-8-13/h11,13H,2-9H2,1H3. The molecule has 3 heteroatoms. The number of rotatable bonds is 9. The summed E-state index contributed by atoms with van der Waals surface area (Å²) >= 11 is 0. The second kappa shape index (κ2) is 10.5. The number of nitrogens with zero attached hydrogens (tertiary/aromatic N) is 1. The van der Waals surface area contributed by atoms with Crippen molar-refractivity contribution in [2.75, 3.05) is 13.2 Å². The third-order valence-electron chi connectivity index (χ3n) is 2.09. The molecule has 0 amide bonds. The van der Waals surface area contributed by atoms with Crippen LogP contribution >= 0.6 is 0 Å². The second-order valence-corrected chi connectivity index (χ2v) is 3.42. The van der Waals surface area contributed by atoms with Gasteiger partial charge in [0.05, 0.1) is 12.7 Å². The zero-order valence-corrected chi connectivity index (χ0v) is 9.04. The molecule has 0 aliphatic rings. The Morgan fingerprint density at radius 1 is 1.29 bits per heavy atom. The first-order valence-electron chi connectivity index (χ1n) is 5.47. The van der Waals surface area contributed by atoms with E-state index in [1.54, 1.807) is 0 Å². The van der Waals surface area contributed by atoms with Gasteiger partial charge in [0.15, 0.2) is 0 Å². The maximum Gasteiger partial charge on any atom is 0.143 e. The van der Waals surface area contributed by atoms with Crippen LogP contribution in [-0.4, -0.2) is 24.4 Å². The van der Waals surface area contributed by atoms with Crippen LogP contribution in [0.4, 0.5) is 0 Å². The van der Waals surface area contributed by atoms with Crippen molar-refractivity contribution >= 4 is 0 Å². The van der Waals surface area contributed by atoms with E-state index in [2.05, 4.69) is 13.0 Å². The molecule has 0 bridgehead atoms. The van der Waals surface area contributed by atoms with Crippen LogP contribution in [0.2, 0.25) is 0 Å². The van der Waals surface area contributed by atoms with E-state index in [1.807, 2.05) is 0 Å². The first kappa shape index (κ1) is 13.4. The number of aliphatic hydroxyl groups excluding tert-OH is 1. The summed E-state index contributed by atoms with van der Waals surface area (Å²) in [6.45, 7) is 2.79. The molecule has 0 spiro atoms. The predicted molar refractivity (Wildman–Crippen MR) is 55.8 cm³/mol. The minimum atomic E-state index is -0.279. The Morgan fingerprint density at radius 3 is 2.64 bits per heavy atom. The van der Waals surface area contributed by atoms with Crippen LogP contribution in [0.5, 0.6) is 0 Å². The first-order valence-corrected chi connectivity index (χ1v) is 5.47. The summed E-state index contributed by atoms with van der Waals surface area (Å²) in [6, 6.07) is 2.13. The summed E-state index contributed by atoms with van der Waals surface area (Å²) in [6.07, 6.45) is 5.84. The van der Waals surface area contributed by atoms with Gasteiger partial charge in [0.25, 0.3) is 0 Å². The van der Waals surface area contributed by atoms with Gasteiger partial charge in [-0.3, -0.25) is 0 Å². The van der Waals surface area contributed by atoms with Crippen molar-refractivity contribution in [3.8, 4) is 6.07 Å². The molecule has 14 heavy (non-hydrogen) atoms. The largest absolute Gasteiger partial charge is 0.396 e. The number of unbranched alkanes of at least 4 members (excludes halogenated alkanes) is 3. The molecule has 0 aromatic heterocycles. The number of nitriles is 1. The molecule has 0 rings (SSSR count). The highest BCUT2D eigenvalue weighted by Crippen LogP contribution is 2.07. The monoisotopic (exact) mass is 199 g/mol. The molecule has 1 unspecified atom stereocenters. The lowest BCUT2D eigenvalue weighted by Gasteiger charge is -2.09. The van der Waals surface area contributed by atoms with Crippen LogP contribution in [0.25, 0.3) is 0 Å². The summed E-state index contributed by atoms with van der Waals surface area (Å²) < 4.78 is 5.29. The van der Waals surface area contributed by atoms with E-state index >= 15 is 0 Å². The predicted octanol–water partition coefficient (Wildman–Crippen LogP) is 2.25. The molecule has 0 saturated carbocycles. The number of ether oxygens (including phenoxy) is 1. The maximum atomic E-state index is 8.74. The van der Waals surface area contributed by atoms with E-state index in [-0.39, 0.29) is 12.7 Å². The van der Waals surface area contributed by atoms with Crippen molar-refractivity contribution in [3.05, 3.63) is 0 Å². The van der Waals surface area contributed by atoms with Crippen LogP contribution in [0, 0.1) is 11.3 Å². The van der Waals surface area contributed by atoms with Crippen LogP contribution in [0.3, 0.4) is 0 Å². The zero-order valence-electron chi connectivity index (χ0n) is 9.04. The summed E-state index contributed by atoms with van der Waals surface area (Å²) in [7, 11) is 0. The molecule has 1 atom stereocenters. The Hall–Kier alpha value is -0.590. The number of hydrogen-bond acceptors (Lipinski definition) is 3. The summed E-state index contributed by atoms with van der Waals surface area (Å²) in [5.41, 5.74) is 0. The Morgan fingerprint density at radius 2 is 2.07 bits per heavy atom. The molecular weight excluding hydrogens is 178 g/mol. The van der Waals surface area contributed by atoms with Crippen LogP contribution in [0.15, 0.2) is 0 Å². The van der Waals surface area contributed by atoms with Crippen molar-refractivity contribution in [1.82, 2.24) is 0 Å². The fourth-order valence-electron chi connectivity index (χ4n) is 1.23. The molecule has 0 aliphatic heterocycles. The third kappa shape index (κ3) is 8.03. The Balaban J connectivity index is 3.35. The second-order valence-electron chi connectivity index (χ2n) is 3.42. The molecule has 0 heterocycles. The molecule has 82 valence electrons. The van der Waals surface area contributed by atoms with Gasteiger partial charge in [0.1, 0.15) is 6.10 Å². The van der Waals surface area contributed by atoms with Gasteiger partial charge >= 0.3 is 0 Å². The summed E-state index contributed by atoms with van der Waals surface area (Å²) in [4.78, 5) is 0. The average molecular weight is 199 g/mol. The highest BCUT2D eigenvalue weighted by atomic mass is 16.5. The fraction of sp³-hybridized carbons (Fsp3) is 0.909. The Bertz CT molecular complexity index is 154. The van der Waals surface area contributed by atoms with Crippen molar-refractivity contribution in [3.63, 3.8) is 0 Å². The Labute approximate surface area is 86.7 Å². The van der Waals surface area contributed by atoms with Gasteiger partial charge in [-0.1, -0.05) is 26.2 Å². The van der Waals surface area contributed by atoms with E-state index < -0.39 is 0 Å². The fourth-order valence-corrected chi connectivity index (χ4v) is 1.23. The van der Waals surface area contributed by atoms with E-state index in [0.29, 0.717) is 13.0 Å². The SMILES string of the molecule is CCCCCCC(C#N)OCCCO. The minimum absolute atomic E-state index is 0.133. The van der Waals surface area contributed by atoms with Gasteiger partial charge < -0.3 is 9.84 Å². The quantitative estimate of drug-likeness (QED) is 0.579. The molecule has 0 aromatic rings. The minimum Gasteiger partial charge on any atom is -0.396 e. The first-order chi connectivity index (χ1) is 6.85. The molecule has 0 saturated heterocycles. The van der Waals surface area contributed by atoms with Gasteiger partial charge in [0.2, 0.25) is 0 Å². The van der Waals surface area contributed by atoms with Gasteiger partial charge in [-0.25, -0.2) is 0 Å². The molecule has 0 radical (unpaired) electrons. The smallest absolute Gasteiger partial charge is 0.143 e. The van der Waals surface area contributed by atoms with Gasteiger partial charge in [0, 0.05) is 6.61 Å². The van der Waals surface area contributed by atoms with Crippen molar-refractivity contribution in [1.29, 1.82) is 5.26 Å². The topological polar surface area (TPSA) is 53.2 Å². The molecule has 3 nitrogen and oxygen atoms in total. The molecule has 0 aromatic carbocycles. The zero-order chi connectivity index (χ0) is 10.6. The van der Waals surface area contributed by atoms with Gasteiger partial charge in [-0.05, 0) is 19.3 Å². The lowest BCUT2D eigenvalue weighted by atomic mass is 10.1. The van der Waals surface area contributed by atoms with Crippen LogP contribution in [0.1, 0.15) is 45.4 Å². The number of aliphatic hydroxyl groups is 1. The van der Waals surface area contributed by atoms with Crippen molar-refractivity contribution in [2.45, 2.75) is 51.6 Å². The van der Waals surface area contributed by atoms with Crippen molar-refractivity contribution in [2.24, 2.45) is 0 Å². The average Bonchev–Trinajstić information content (AvgIpc) is 2.22. The van der Waals surface area contributed by atoms with E-state index in [9.17, 15) is 0 Å². The van der Waals surface area contributed by atoms with E-state index in [4.69, 9.17) is 15.1 Å². The highest BCUT2D eigenvalue weighted by molar-refractivity contribution is 4.83. The van der Waals surface area contributed by atoms with E-state index in [1.165, 1.54) is 19.3 Å². The normalized spacial score (nSPS) is 12.4. The molecular formula is C11H21NO2. The van der Waals surface area contributed by atoms with Crippen LogP contribution < -0.4 is 0 Å². The van der Waals surface area contributed by atoms with Gasteiger partial charge in [-0.15, -0.1) is 0 Å². The molecule has 0 fully saturated rings. The maximum absolute atomic E-state index is 8.74. The summed E-state index contributed by atoms with van der Waals surface area (Å²) in [5, 5.41) is 17.3. The van der Waals surface area contributed by atoms with Gasteiger partial charge in [-0.2, -0.15) is 5.26 Å². The lowest BCUT2D eigenvalue weighted by Crippen LogP contribution is -2.11. The van der Waals surface area contributed by atoms with E-state index in [0.717, 1.165) is 12.8 Å². The third-order valence-corrected chi connectivity index (χ3v) is 2.09. The van der Waals surface area contributed by atoms with Crippen LogP contribution in [-0.2, 0) is 4.74 Å². The summed E-state index contributed by atoms with van der Waals surface area (Å²) in [5.74, 6) is 0. The van der Waals surface area contributed by atoms with Crippen molar-refractivity contribution < 1.29 is 9.84 Å². The lowest BCUT2D eigenvalue weighted by molar-refractivity contribution is 0.0708. The Kier molecular flexibility index (Phi) is 10.0. The molecule has 0 aliphatic carbocycles.